The number of hydrogen-bond donors (Lipinski definition) is 1. The molecule has 1 N–H and O–H groups in total. The fourth-order valence-corrected chi connectivity index (χ4v) is 3.27. The molecule has 3 nitrogen and oxygen atoms in total. The van der Waals surface area contributed by atoms with Gasteiger partial charge >= 0.3 is 0 Å². The fraction of sp³-hybridized carbons (Fsp3) is 0.556. The zero-order valence-electron chi connectivity index (χ0n) is 13.6. The first-order chi connectivity index (χ1) is 9.86. The van der Waals surface area contributed by atoms with Crippen molar-refractivity contribution in [1.29, 1.82) is 0 Å². The Balaban J connectivity index is 2.52. The summed E-state index contributed by atoms with van der Waals surface area (Å²) in [6.45, 7) is 5.94. The SMILES string of the molecule is COc1ccc(OC)c([C@H]2C=C(C)CC[C@@H]2C(C)(C)O)c1. The topological polar surface area (TPSA) is 38.7 Å². The first kappa shape index (κ1) is 15.9. The Bertz CT molecular complexity index is 526. The highest BCUT2D eigenvalue weighted by Crippen LogP contribution is 2.45. The highest BCUT2D eigenvalue weighted by atomic mass is 16.5. The molecule has 0 bridgehead atoms. The maximum atomic E-state index is 10.5. The second-order valence-electron chi connectivity index (χ2n) is 6.45. The molecular formula is C18H26O3. The molecule has 0 heterocycles. The molecule has 1 aliphatic carbocycles. The summed E-state index contributed by atoms with van der Waals surface area (Å²) < 4.78 is 10.9. The van der Waals surface area contributed by atoms with E-state index in [1.807, 2.05) is 32.0 Å². The Kier molecular flexibility index (Phi) is 4.62. The van der Waals surface area contributed by atoms with Gasteiger partial charge in [-0.2, -0.15) is 0 Å². The summed E-state index contributed by atoms with van der Waals surface area (Å²) in [5.74, 6) is 1.98. The second kappa shape index (κ2) is 6.10. The number of aliphatic hydroxyl groups is 1. The highest BCUT2D eigenvalue weighted by Gasteiger charge is 2.37. The van der Waals surface area contributed by atoms with E-state index in [0.717, 1.165) is 29.9 Å². The number of rotatable bonds is 4. The van der Waals surface area contributed by atoms with Crippen molar-refractivity contribution in [3.8, 4) is 11.5 Å². The molecule has 0 unspecified atom stereocenters. The summed E-state index contributed by atoms with van der Waals surface area (Å²) >= 11 is 0. The van der Waals surface area contributed by atoms with Gasteiger partial charge in [-0.25, -0.2) is 0 Å². The third-order valence-corrected chi connectivity index (χ3v) is 4.45. The van der Waals surface area contributed by atoms with Crippen molar-refractivity contribution >= 4 is 0 Å². The van der Waals surface area contributed by atoms with Crippen LogP contribution in [0.1, 0.15) is 45.1 Å². The Hall–Kier alpha value is -1.48. The van der Waals surface area contributed by atoms with Crippen molar-refractivity contribution in [1.82, 2.24) is 0 Å². The molecule has 0 amide bonds. The monoisotopic (exact) mass is 290 g/mol. The fourth-order valence-electron chi connectivity index (χ4n) is 3.27. The van der Waals surface area contributed by atoms with Crippen LogP contribution in [0.3, 0.4) is 0 Å². The molecule has 1 aromatic carbocycles. The number of benzene rings is 1. The number of ether oxygens (including phenoxy) is 2. The Morgan fingerprint density at radius 3 is 2.48 bits per heavy atom. The van der Waals surface area contributed by atoms with Crippen molar-refractivity contribution in [2.24, 2.45) is 5.92 Å². The minimum absolute atomic E-state index is 0.142. The lowest BCUT2D eigenvalue weighted by atomic mass is 9.70. The molecule has 3 heteroatoms. The van der Waals surface area contributed by atoms with Gasteiger partial charge in [-0.3, -0.25) is 0 Å². The predicted molar refractivity (Wildman–Crippen MR) is 85.1 cm³/mol. The van der Waals surface area contributed by atoms with Gasteiger partial charge in [0, 0.05) is 11.5 Å². The smallest absolute Gasteiger partial charge is 0.122 e. The van der Waals surface area contributed by atoms with E-state index < -0.39 is 5.60 Å². The molecule has 0 aromatic heterocycles. The van der Waals surface area contributed by atoms with Crippen LogP contribution in [-0.2, 0) is 0 Å². The summed E-state index contributed by atoms with van der Waals surface area (Å²) in [4.78, 5) is 0. The molecule has 2 atom stereocenters. The molecule has 116 valence electrons. The minimum atomic E-state index is -0.726. The number of methoxy groups -OCH3 is 2. The molecule has 2 rings (SSSR count). The summed E-state index contributed by atoms with van der Waals surface area (Å²) in [6, 6.07) is 5.87. The van der Waals surface area contributed by atoms with Gasteiger partial charge in [-0.15, -0.1) is 0 Å². The van der Waals surface area contributed by atoms with Gasteiger partial charge in [0.05, 0.1) is 19.8 Å². The standard InChI is InChI=1S/C18H26O3/c1-12-6-8-16(18(2,3)19)14(10-12)15-11-13(20-4)7-9-17(15)21-5/h7,9-11,14,16,19H,6,8H2,1-5H3/t14-,16+/m1/s1. The average molecular weight is 290 g/mol. The van der Waals surface area contributed by atoms with E-state index in [-0.39, 0.29) is 11.8 Å². The number of allylic oxidation sites excluding steroid dienone is 2. The quantitative estimate of drug-likeness (QED) is 0.854. The Morgan fingerprint density at radius 2 is 1.90 bits per heavy atom. The van der Waals surface area contributed by atoms with E-state index >= 15 is 0 Å². The zero-order valence-corrected chi connectivity index (χ0v) is 13.6. The van der Waals surface area contributed by atoms with Crippen molar-refractivity contribution in [2.75, 3.05) is 14.2 Å². The normalized spacial score (nSPS) is 22.7. The molecule has 1 aromatic rings. The first-order valence-electron chi connectivity index (χ1n) is 7.48. The first-order valence-corrected chi connectivity index (χ1v) is 7.48. The van der Waals surface area contributed by atoms with Gasteiger partial charge in [-0.05, 0) is 57.7 Å². The largest absolute Gasteiger partial charge is 0.497 e. The lowest BCUT2D eigenvalue weighted by Gasteiger charge is -2.38. The summed E-state index contributed by atoms with van der Waals surface area (Å²) in [5, 5.41) is 10.5. The van der Waals surface area contributed by atoms with Crippen LogP contribution in [-0.4, -0.2) is 24.9 Å². The van der Waals surface area contributed by atoms with E-state index in [1.165, 1.54) is 5.57 Å². The van der Waals surface area contributed by atoms with Crippen molar-refractivity contribution in [3.63, 3.8) is 0 Å². The summed E-state index contributed by atoms with van der Waals surface area (Å²) in [6.07, 6.45) is 4.29. The van der Waals surface area contributed by atoms with Crippen molar-refractivity contribution < 1.29 is 14.6 Å². The molecule has 0 fully saturated rings. The van der Waals surface area contributed by atoms with Crippen LogP contribution in [0.15, 0.2) is 29.8 Å². The van der Waals surface area contributed by atoms with Crippen LogP contribution in [0, 0.1) is 5.92 Å². The second-order valence-corrected chi connectivity index (χ2v) is 6.45. The third kappa shape index (κ3) is 3.41. The van der Waals surface area contributed by atoms with Gasteiger partial charge < -0.3 is 14.6 Å². The predicted octanol–water partition coefficient (Wildman–Crippen LogP) is 3.91. The minimum Gasteiger partial charge on any atom is -0.497 e. The highest BCUT2D eigenvalue weighted by molar-refractivity contribution is 5.45. The van der Waals surface area contributed by atoms with E-state index in [0.29, 0.717) is 0 Å². The molecule has 0 saturated heterocycles. The Morgan fingerprint density at radius 1 is 1.19 bits per heavy atom. The van der Waals surface area contributed by atoms with Gasteiger partial charge in [-0.1, -0.05) is 11.6 Å². The van der Waals surface area contributed by atoms with Crippen LogP contribution in [0.4, 0.5) is 0 Å². The zero-order chi connectivity index (χ0) is 15.6. The van der Waals surface area contributed by atoms with Crippen LogP contribution < -0.4 is 9.47 Å². The van der Waals surface area contributed by atoms with Crippen molar-refractivity contribution in [3.05, 3.63) is 35.4 Å². The van der Waals surface area contributed by atoms with Gasteiger partial charge in [0.1, 0.15) is 11.5 Å². The van der Waals surface area contributed by atoms with E-state index in [1.54, 1.807) is 14.2 Å². The number of hydrogen-bond acceptors (Lipinski definition) is 3. The maximum Gasteiger partial charge on any atom is 0.122 e. The third-order valence-electron chi connectivity index (χ3n) is 4.45. The van der Waals surface area contributed by atoms with Gasteiger partial charge in [0.2, 0.25) is 0 Å². The van der Waals surface area contributed by atoms with Crippen LogP contribution in [0.2, 0.25) is 0 Å². The van der Waals surface area contributed by atoms with E-state index in [9.17, 15) is 5.11 Å². The molecule has 0 aliphatic heterocycles. The molecule has 1 aliphatic rings. The molecule has 0 spiro atoms. The lowest BCUT2D eigenvalue weighted by Crippen LogP contribution is -2.36. The molecule has 0 radical (unpaired) electrons. The van der Waals surface area contributed by atoms with Crippen LogP contribution in [0.5, 0.6) is 11.5 Å². The summed E-state index contributed by atoms with van der Waals surface area (Å²) in [5.41, 5.74) is 1.73. The summed E-state index contributed by atoms with van der Waals surface area (Å²) in [7, 11) is 3.35. The lowest BCUT2D eigenvalue weighted by molar-refractivity contribution is 0.00440. The maximum absolute atomic E-state index is 10.5. The molecule has 21 heavy (non-hydrogen) atoms. The van der Waals surface area contributed by atoms with E-state index in [4.69, 9.17) is 9.47 Å². The van der Waals surface area contributed by atoms with Crippen molar-refractivity contribution in [2.45, 2.75) is 45.1 Å². The van der Waals surface area contributed by atoms with Crippen LogP contribution >= 0.6 is 0 Å². The van der Waals surface area contributed by atoms with Crippen LogP contribution in [0.25, 0.3) is 0 Å². The average Bonchev–Trinajstić information content (AvgIpc) is 2.45. The molecule has 0 saturated carbocycles. The van der Waals surface area contributed by atoms with E-state index in [2.05, 4.69) is 13.0 Å². The Labute approximate surface area is 127 Å². The van der Waals surface area contributed by atoms with Gasteiger partial charge in [0.25, 0.3) is 0 Å². The molecular weight excluding hydrogens is 264 g/mol. The van der Waals surface area contributed by atoms with Gasteiger partial charge in [0.15, 0.2) is 0 Å².